The molecule has 2 unspecified atom stereocenters. The number of ketones is 1. The minimum atomic E-state index is 0.292. The van der Waals surface area contributed by atoms with E-state index >= 15 is 0 Å². The Bertz CT molecular complexity index is 494. The molecule has 0 aromatic carbocycles. The quantitative estimate of drug-likeness (QED) is 0.850. The first-order valence-corrected chi connectivity index (χ1v) is 7.91. The molecule has 20 heavy (non-hydrogen) atoms. The van der Waals surface area contributed by atoms with Gasteiger partial charge in [0.2, 0.25) is 0 Å². The second-order valence-electron chi connectivity index (χ2n) is 6.40. The zero-order chi connectivity index (χ0) is 14.1. The molecule has 1 saturated carbocycles. The normalized spacial score (nSPS) is 28.2. The molecule has 3 rings (SSSR count). The van der Waals surface area contributed by atoms with Crippen LogP contribution in [0.1, 0.15) is 49.9 Å². The first-order valence-electron chi connectivity index (χ1n) is 7.91. The molecule has 1 aliphatic carbocycles. The Balaban J connectivity index is 1.72. The largest absolute Gasteiger partial charge is 0.299 e. The fourth-order valence-electron chi connectivity index (χ4n) is 3.94. The Labute approximate surface area is 121 Å². The van der Waals surface area contributed by atoms with Crippen molar-refractivity contribution in [2.24, 2.45) is 13.0 Å². The number of carbonyl (C=O) groups excluding carboxylic acids is 1. The van der Waals surface area contributed by atoms with Gasteiger partial charge in [-0.15, -0.1) is 0 Å². The predicted octanol–water partition coefficient (Wildman–Crippen LogP) is 2.45. The van der Waals surface area contributed by atoms with Gasteiger partial charge in [-0.3, -0.25) is 14.4 Å². The van der Waals surface area contributed by atoms with Crippen LogP contribution in [0.15, 0.2) is 6.07 Å². The molecule has 2 heterocycles. The molecule has 110 valence electrons. The molecular formula is C16H25N3O. The van der Waals surface area contributed by atoms with E-state index in [0.717, 1.165) is 38.0 Å². The van der Waals surface area contributed by atoms with E-state index in [4.69, 9.17) is 0 Å². The van der Waals surface area contributed by atoms with Gasteiger partial charge in [-0.05, 0) is 45.2 Å². The van der Waals surface area contributed by atoms with Crippen molar-refractivity contribution in [2.75, 3.05) is 6.54 Å². The number of hydrogen-bond acceptors (Lipinski definition) is 3. The highest BCUT2D eigenvalue weighted by molar-refractivity contribution is 5.82. The molecule has 4 nitrogen and oxygen atoms in total. The van der Waals surface area contributed by atoms with Crippen LogP contribution in [0.5, 0.6) is 0 Å². The Morgan fingerprint density at radius 1 is 1.30 bits per heavy atom. The molecule has 4 heteroatoms. The number of Topliss-reactive ketones (excluding diaryl/α,β-unsaturated/α-hetero) is 1. The van der Waals surface area contributed by atoms with Crippen LogP contribution in [-0.2, 0) is 18.4 Å². The lowest BCUT2D eigenvalue weighted by Crippen LogP contribution is -2.40. The number of likely N-dealkylation sites (tertiary alicyclic amines) is 1. The lowest BCUT2D eigenvalue weighted by atomic mass is 9.82. The second kappa shape index (κ2) is 5.68. The Kier molecular flexibility index (Phi) is 3.92. The maximum Gasteiger partial charge on any atom is 0.137 e. The van der Waals surface area contributed by atoms with Crippen LogP contribution >= 0.6 is 0 Å². The van der Waals surface area contributed by atoms with Crippen molar-refractivity contribution in [3.63, 3.8) is 0 Å². The molecule has 0 spiro atoms. The first-order chi connectivity index (χ1) is 9.65. The van der Waals surface area contributed by atoms with Gasteiger partial charge in [-0.1, -0.05) is 6.42 Å². The van der Waals surface area contributed by atoms with Gasteiger partial charge in [-0.25, -0.2) is 0 Å². The average molecular weight is 275 g/mol. The smallest absolute Gasteiger partial charge is 0.137 e. The highest BCUT2D eigenvalue weighted by Gasteiger charge is 2.36. The third-order valence-corrected chi connectivity index (χ3v) is 4.94. The minimum Gasteiger partial charge on any atom is -0.299 e. The van der Waals surface area contributed by atoms with Crippen molar-refractivity contribution in [3.05, 3.63) is 17.5 Å². The minimum absolute atomic E-state index is 0.292. The summed E-state index contributed by atoms with van der Waals surface area (Å²) in [5.41, 5.74) is 2.34. The lowest BCUT2D eigenvalue weighted by Gasteiger charge is -2.33. The van der Waals surface area contributed by atoms with Crippen molar-refractivity contribution < 1.29 is 4.79 Å². The fourth-order valence-corrected chi connectivity index (χ4v) is 3.94. The summed E-state index contributed by atoms with van der Waals surface area (Å²) in [5.74, 6) is 0.801. The van der Waals surface area contributed by atoms with Crippen LogP contribution in [0.4, 0.5) is 0 Å². The van der Waals surface area contributed by atoms with E-state index in [2.05, 4.69) is 16.1 Å². The molecule has 1 aromatic rings. The van der Waals surface area contributed by atoms with Gasteiger partial charge in [-0.2, -0.15) is 5.10 Å². The van der Waals surface area contributed by atoms with Gasteiger partial charge < -0.3 is 0 Å². The van der Waals surface area contributed by atoms with Crippen molar-refractivity contribution in [1.29, 1.82) is 0 Å². The molecule has 2 atom stereocenters. The summed E-state index contributed by atoms with van der Waals surface area (Å²) in [6.45, 7) is 4.10. The number of carbonyl (C=O) groups is 1. The number of aromatic nitrogens is 2. The third kappa shape index (κ3) is 2.66. The van der Waals surface area contributed by atoms with E-state index in [9.17, 15) is 4.79 Å². The van der Waals surface area contributed by atoms with Crippen molar-refractivity contribution in [3.8, 4) is 0 Å². The standard InChI is InChI=1S/C16H25N3O/c1-12-10-13(18(2)17-12)11-19-9-5-7-15(19)14-6-3-4-8-16(14)20/h10,14-15H,3-9,11H2,1-2H3. The molecule has 1 aliphatic heterocycles. The number of aryl methyl sites for hydroxylation is 2. The van der Waals surface area contributed by atoms with Gasteiger partial charge in [0, 0.05) is 32.0 Å². The van der Waals surface area contributed by atoms with Crippen LogP contribution in [0.25, 0.3) is 0 Å². The predicted molar refractivity (Wildman–Crippen MR) is 78.3 cm³/mol. The molecule has 2 fully saturated rings. The lowest BCUT2D eigenvalue weighted by molar-refractivity contribution is -0.126. The van der Waals surface area contributed by atoms with Gasteiger partial charge in [0.1, 0.15) is 5.78 Å². The van der Waals surface area contributed by atoms with E-state index in [-0.39, 0.29) is 0 Å². The highest BCUT2D eigenvalue weighted by Crippen LogP contribution is 2.33. The zero-order valence-electron chi connectivity index (χ0n) is 12.6. The Morgan fingerprint density at radius 3 is 2.85 bits per heavy atom. The van der Waals surface area contributed by atoms with Crippen LogP contribution in [-0.4, -0.2) is 33.1 Å². The summed E-state index contributed by atoms with van der Waals surface area (Å²) in [6, 6.07) is 2.64. The number of rotatable bonds is 3. The third-order valence-electron chi connectivity index (χ3n) is 4.94. The molecule has 0 N–H and O–H groups in total. The summed E-state index contributed by atoms with van der Waals surface area (Å²) in [6.07, 6.45) is 6.65. The van der Waals surface area contributed by atoms with E-state index in [1.54, 1.807) is 0 Å². The molecule has 0 bridgehead atoms. The van der Waals surface area contributed by atoms with E-state index in [0.29, 0.717) is 17.7 Å². The first kappa shape index (κ1) is 13.8. The van der Waals surface area contributed by atoms with Crippen molar-refractivity contribution in [2.45, 2.75) is 58.0 Å². The maximum absolute atomic E-state index is 12.2. The van der Waals surface area contributed by atoms with Crippen LogP contribution in [0.2, 0.25) is 0 Å². The molecule has 0 radical (unpaired) electrons. The van der Waals surface area contributed by atoms with Crippen molar-refractivity contribution in [1.82, 2.24) is 14.7 Å². The molecule has 1 saturated heterocycles. The topological polar surface area (TPSA) is 38.1 Å². The highest BCUT2D eigenvalue weighted by atomic mass is 16.1. The zero-order valence-corrected chi connectivity index (χ0v) is 12.6. The number of nitrogens with zero attached hydrogens (tertiary/aromatic N) is 3. The van der Waals surface area contributed by atoms with E-state index < -0.39 is 0 Å². The van der Waals surface area contributed by atoms with Crippen LogP contribution < -0.4 is 0 Å². The van der Waals surface area contributed by atoms with Gasteiger partial charge >= 0.3 is 0 Å². The van der Waals surface area contributed by atoms with Crippen LogP contribution in [0.3, 0.4) is 0 Å². The second-order valence-corrected chi connectivity index (χ2v) is 6.40. The summed E-state index contributed by atoms with van der Waals surface area (Å²) in [7, 11) is 2.01. The summed E-state index contributed by atoms with van der Waals surface area (Å²) >= 11 is 0. The maximum atomic E-state index is 12.2. The summed E-state index contributed by atoms with van der Waals surface area (Å²) in [5, 5.41) is 4.43. The fraction of sp³-hybridized carbons (Fsp3) is 0.750. The SMILES string of the molecule is Cc1cc(CN2CCCC2C2CCCCC2=O)n(C)n1. The molecule has 2 aliphatic rings. The summed E-state index contributed by atoms with van der Waals surface area (Å²) < 4.78 is 1.98. The molecular weight excluding hydrogens is 250 g/mol. The average Bonchev–Trinajstić information content (AvgIpc) is 2.98. The van der Waals surface area contributed by atoms with Gasteiger partial charge in [0.05, 0.1) is 11.4 Å². The Morgan fingerprint density at radius 2 is 2.15 bits per heavy atom. The number of hydrogen-bond donors (Lipinski definition) is 0. The summed E-state index contributed by atoms with van der Waals surface area (Å²) in [4.78, 5) is 14.7. The van der Waals surface area contributed by atoms with E-state index in [1.807, 2.05) is 18.7 Å². The van der Waals surface area contributed by atoms with Gasteiger partial charge in [0.25, 0.3) is 0 Å². The monoisotopic (exact) mass is 275 g/mol. The van der Waals surface area contributed by atoms with Gasteiger partial charge in [0.15, 0.2) is 0 Å². The molecule has 1 aromatic heterocycles. The van der Waals surface area contributed by atoms with Crippen LogP contribution in [0, 0.1) is 12.8 Å². The molecule has 0 amide bonds. The van der Waals surface area contributed by atoms with E-state index in [1.165, 1.54) is 25.0 Å². The van der Waals surface area contributed by atoms with Crippen molar-refractivity contribution >= 4 is 5.78 Å². The Hall–Kier alpha value is -1.16.